The summed E-state index contributed by atoms with van der Waals surface area (Å²) in [5, 5.41) is 3.09. The van der Waals surface area contributed by atoms with Crippen LogP contribution in [-0.4, -0.2) is 18.0 Å². The van der Waals surface area contributed by atoms with Crippen LogP contribution in [0.2, 0.25) is 0 Å². The average molecular weight is 412 g/mol. The molecule has 0 aliphatic heterocycles. The van der Waals surface area contributed by atoms with Gasteiger partial charge < -0.3 is 14.5 Å². The highest BCUT2D eigenvalue weighted by Crippen LogP contribution is 2.30. The van der Waals surface area contributed by atoms with Crippen LogP contribution in [0.3, 0.4) is 0 Å². The van der Waals surface area contributed by atoms with Crippen molar-refractivity contribution >= 4 is 11.6 Å². The number of rotatable bonds is 6. The number of hydrogen-bond donors (Lipinski definition) is 1. The van der Waals surface area contributed by atoms with Crippen molar-refractivity contribution in [1.82, 2.24) is 4.98 Å². The van der Waals surface area contributed by atoms with E-state index in [1.54, 1.807) is 19.4 Å². The molecule has 0 fully saturated rings. The molecule has 0 unspecified atom stereocenters. The molecular formula is C26H24N2O3. The minimum absolute atomic E-state index is 0.191. The number of nitrogens with zero attached hydrogens (tertiary/aromatic N) is 1. The first-order valence-electron chi connectivity index (χ1n) is 10.2. The second kappa shape index (κ2) is 8.88. The standard InChI is InChI=1S/C26H24N2O3/c1-4-18-9-7-8-17(2)24(18)28-25(29)21-10-5-6-11-22(21)26-27-16-23(31-26)19-12-14-20(30-3)15-13-19/h5-16H,4H2,1-3H3,(H,28,29). The third-order valence-corrected chi connectivity index (χ3v) is 5.26. The lowest BCUT2D eigenvalue weighted by molar-refractivity contribution is 0.102. The van der Waals surface area contributed by atoms with Gasteiger partial charge in [0, 0.05) is 16.8 Å². The number of carbonyl (C=O) groups excluding carboxylic acids is 1. The Morgan fingerprint density at radius 1 is 1.03 bits per heavy atom. The summed E-state index contributed by atoms with van der Waals surface area (Å²) in [4.78, 5) is 17.6. The number of hydrogen-bond acceptors (Lipinski definition) is 4. The molecule has 156 valence electrons. The van der Waals surface area contributed by atoms with E-state index in [0.717, 1.165) is 34.5 Å². The highest BCUT2D eigenvalue weighted by atomic mass is 16.5. The summed E-state index contributed by atoms with van der Waals surface area (Å²) in [7, 11) is 1.63. The normalized spacial score (nSPS) is 10.7. The van der Waals surface area contributed by atoms with E-state index < -0.39 is 0 Å². The molecule has 1 amide bonds. The smallest absolute Gasteiger partial charge is 0.256 e. The maximum absolute atomic E-state index is 13.2. The van der Waals surface area contributed by atoms with Crippen molar-refractivity contribution in [3.8, 4) is 28.5 Å². The molecule has 31 heavy (non-hydrogen) atoms. The molecule has 0 bridgehead atoms. The van der Waals surface area contributed by atoms with Gasteiger partial charge in [-0.3, -0.25) is 4.79 Å². The first kappa shape index (κ1) is 20.4. The Morgan fingerprint density at radius 2 is 1.81 bits per heavy atom. The summed E-state index contributed by atoms with van der Waals surface area (Å²) < 4.78 is 11.2. The van der Waals surface area contributed by atoms with E-state index in [1.807, 2.05) is 67.6 Å². The van der Waals surface area contributed by atoms with E-state index in [2.05, 4.69) is 17.2 Å². The highest BCUT2D eigenvalue weighted by molar-refractivity contribution is 6.08. The minimum atomic E-state index is -0.191. The van der Waals surface area contributed by atoms with Gasteiger partial charge in [-0.25, -0.2) is 4.98 Å². The van der Waals surface area contributed by atoms with E-state index in [9.17, 15) is 4.79 Å². The Bertz CT molecular complexity index is 1210. The zero-order chi connectivity index (χ0) is 21.8. The summed E-state index contributed by atoms with van der Waals surface area (Å²) in [5.41, 5.74) is 5.03. The quantitative estimate of drug-likeness (QED) is 0.413. The fourth-order valence-corrected chi connectivity index (χ4v) is 3.54. The second-order valence-corrected chi connectivity index (χ2v) is 7.22. The summed E-state index contributed by atoms with van der Waals surface area (Å²) in [6.07, 6.45) is 2.51. The number of nitrogens with one attached hydrogen (secondary N) is 1. The molecule has 0 aliphatic carbocycles. The van der Waals surface area contributed by atoms with Gasteiger partial charge in [0.2, 0.25) is 5.89 Å². The van der Waals surface area contributed by atoms with Crippen LogP contribution in [0.4, 0.5) is 5.69 Å². The van der Waals surface area contributed by atoms with E-state index in [0.29, 0.717) is 22.8 Å². The third-order valence-electron chi connectivity index (χ3n) is 5.26. The van der Waals surface area contributed by atoms with Crippen molar-refractivity contribution in [2.45, 2.75) is 20.3 Å². The first-order valence-corrected chi connectivity index (χ1v) is 10.2. The Balaban J connectivity index is 1.65. The first-order chi connectivity index (χ1) is 15.1. The molecule has 1 heterocycles. The van der Waals surface area contributed by atoms with Crippen LogP contribution >= 0.6 is 0 Å². The fourth-order valence-electron chi connectivity index (χ4n) is 3.54. The van der Waals surface area contributed by atoms with Gasteiger partial charge >= 0.3 is 0 Å². The Labute approximate surface area is 181 Å². The van der Waals surface area contributed by atoms with Crippen molar-refractivity contribution in [3.05, 3.63) is 89.6 Å². The maximum Gasteiger partial charge on any atom is 0.256 e. The van der Waals surface area contributed by atoms with E-state index >= 15 is 0 Å². The summed E-state index contributed by atoms with van der Waals surface area (Å²) in [5.74, 6) is 1.61. The summed E-state index contributed by atoms with van der Waals surface area (Å²) >= 11 is 0. The van der Waals surface area contributed by atoms with Gasteiger partial charge in [-0.1, -0.05) is 37.3 Å². The number of amides is 1. The molecule has 0 aliphatic rings. The van der Waals surface area contributed by atoms with Crippen molar-refractivity contribution in [2.24, 2.45) is 0 Å². The topological polar surface area (TPSA) is 64.4 Å². The van der Waals surface area contributed by atoms with Crippen LogP contribution in [0.5, 0.6) is 5.75 Å². The predicted molar refractivity (Wildman–Crippen MR) is 122 cm³/mol. The average Bonchev–Trinajstić information content (AvgIpc) is 3.30. The molecule has 0 saturated heterocycles. The van der Waals surface area contributed by atoms with Gasteiger partial charge in [-0.15, -0.1) is 0 Å². The van der Waals surface area contributed by atoms with Crippen molar-refractivity contribution in [3.63, 3.8) is 0 Å². The van der Waals surface area contributed by atoms with Gasteiger partial charge in [0.05, 0.1) is 18.9 Å². The Kier molecular flexibility index (Phi) is 5.85. The van der Waals surface area contributed by atoms with Crippen LogP contribution in [-0.2, 0) is 6.42 Å². The van der Waals surface area contributed by atoms with Crippen LogP contribution in [0.1, 0.15) is 28.4 Å². The molecule has 0 radical (unpaired) electrons. The number of aryl methyl sites for hydroxylation is 2. The fraction of sp³-hybridized carbons (Fsp3) is 0.154. The number of carbonyl (C=O) groups is 1. The molecule has 0 saturated carbocycles. The number of oxazole rings is 1. The van der Waals surface area contributed by atoms with Gasteiger partial charge in [0.25, 0.3) is 5.91 Å². The molecule has 1 N–H and O–H groups in total. The lowest BCUT2D eigenvalue weighted by Gasteiger charge is -2.14. The number of para-hydroxylation sites is 1. The SMILES string of the molecule is CCc1cccc(C)c1NC(=O)c1ccccc1-c1ncc(-c2ccc(OC)cc2)o1. The summed E-state index contributed by atoms with van der Waals surface area (Å²) in [6, 6.07) is 20.9. The number of benzene rings is 3. The predicted octanol–water partition coefficient (Wildman–Crippen LogP) is 6.14. The lowest BCUT2D eigenvalue weighted by atomic mass is 10.0. The molecule has 5 heteroatoms. The van der Waals surface area contributed by atoms with Gasteiger partial charge in [0.15, 0.2) is 5.76 Å². The molecule has 1 aromatic heterocycles. The number of anilines is 1. The number of ether oxygens (including phenoxy) is 1. The van der Waals surface area contributed by atoms with Crippen LogP contribution in [0.25, 0.3) is 22.8 Å². The zero-order valence-corrected chi connectivity index (χ0v) is 17.8. The minimum Gasteiger partial charge on any atom is -0.497 e. The molecule has 5 nitrogen and oxygen atoms in total. The highest BCUT2D eigenvalue weighted by Gasteiger charge is 2.18. The lowest BCUT2D eigenvalue weighted by Crippen LogP contribution is -2.15. The molecule has 4 rings (SSSR count). The van der Waals surface area contributed by atoms with Crippen molar-refractivity contribution in [1.29, 1.82) is 0 Å². The van der Waals surface area contributed by atoms with E-state index in [4.69, 9.17) is 9.15 Å². The van der Waals surface area contributed by atoms with E-state index in [1.165, 1.54) is 0 Å². The van der Waals surface area contributed by atoms with Gasteiger partial charge in [-0.05, 0) is 60.9 Å². The molecule has 4 aromatic rings. The third kappa shape index (κ3) is 4.21. The van der Waals surface area contributed by atoms with Crippen molar-refractivity contribution < 1.29 is 13.9 Å². The molecule has 3 aromatic carbocycles. The van der Waals surface area contributed by atoms with Gasteiger partial charge in [-0.2, -0.15) is 0 Å². The Morgan fingerprint density at radius 3 is 2.55 bits per heavy atom. The Hall–Kier alpha value is -3.86. The number of methoxy groups -OCH3 is 1. The number of aromatic nitrogens is 1. The second-order valence-electron chi connectivity index (χ2n) is 7.22. The molecule has 0 atom stereocenters. The monoisotopic (exact) mass is 412 g/mol. The maximum atomic E-state index is 13.2. The molecule has 0 spiro atoms. The van der Waals surface area contributed by atoms with Crippen LogP contribution < -0.4 is 10.1 Å². The van der Waals surface area contributed by atoms with Gasteiger partial charge in [0.1, 0.15) is 5.75 Å². The largest absolute Gasteiger partial charge is 0.497 e. The molecular weight excluding hydrogens is 388 g/mol. The zero-order valence-electron chi connectivity index (χ0n) is 17.8. The van der Waals surface area contributed by atoms with Crippen LogP contribution in [0.15, 0.2) is 77.3 Å². The van der Waals surface area contributed by atoms with E-state index in [-0.39, 0.29) is 5.91 Å². The summed E-state index contributed by atoms with van der Waals surface area (Å²) in [6.45, 7) is 4.07. The van der Waals surface area contributed by atoms with Crippen LogP contribution in [0, 0.1) is 6.92 Å². The van der Waals surface area contributed by atoms with Crippen molar-refractivity contribution in [2.75, 3.05) is 12.4 Å².